The molecule has 0 spiro atoms. The molecule has 4 aliphatic rings. The fraction of sp³-hybridized carbons (Fsp3) is 0.308. The van der Waals surface area contributed by atoms with Gasteiger partial charge in [-0.05, 0) is 41.9 Å². The van der Waals surface area contributed by atoms with Crippen LogP contribution in [0, 0.1) is 0 Å². The molecule has 3 aromatic carbocycles. The fourth-order valence-corrected chi connectivity index (χ4v) is 7.91. The molecule has 0 aliphatic carbocycles. The summed E-state index contributed by atoms with van der Waals surface area (Å²) in [5, 5.41) is 0. The van der Waals surface area contributed by atoms with Gasteiger partial charge in [-0.25, -0.2) is 0 Å². The van der Waals surface area contributed by atoms with Gasteiger partial charge in [0.25, 0.3) is 0 Å². The molecule has 7 heteroatoms. The zero-order valence-corrected chi connectivity index (χ0v) is 20.1. The van der Waals surface area contributed by atoms with Gasteiger partial charge in [0.1, 0.15) is 0 Å². The Morgan fingerprint density at radius 1 is 0.606 bits per heavy atom. The molecule has 0 atom stereocenters. The lowest BCUT2D eigenvalue weighted by Gasteiger charge is -2.35. The molecule has 4 heterocycles. The molecule has 33 heavy (non-hydrogen) atoms. The van der Waals surface area contributed by atoms with Crippen LogP contribution in [0.15, 0.2) is 74.2 Å². The largest absolute Gasteiger partial charge is 0.378 e. The third kappa shape index (κ3) is 3.48. The maximum Gasteiger partial charge on any atom is 0.247 e. The highest BCUT2D eigenvalue weighted by atomic mass is 32.2. The molecular weight excluding hydrogens is 447 g/mol. The van der Waals surface area contributed by atoms with Gasteiger partial charge in [-0.1, -0.05) is 52.6 Å². The van der Waals surface area contributed by atoms with E-state index in [0.29, 0.717) is 6.71 Å². The molecule has 0 aromatic heterocycles. The lowest BCUT2D eigenvalue weighted by molar-refractivity contribution is 0.122. The summed E-state index contributed by atoms with van der Waals surface area (Å²) in [4.78, 5) is 10.5. The Bertz CT molecular complexity index is 1140. The summed E-state index contributed by atoms with van der Waals surface area (Å²) in [5.74, 6) is 0. The van der Waals surface area contributed by atoms with Gasteiger partial charge >= 0.3 is 0 Å². The van der Waals surface area contributed by atoms with Gasteiger partial charge in [0.05, 0.1) is 26.4 Å². The van der Waals surface area contributed by atoms with Crippen LogP contribution in [-0.4, -0.2) is 59.3 Å². The van der Waals surface area contributed by atoms with E-state index in [4.69, 9.17) is 9.47 Å². The number of nitrogens with zero attached hydrogens (tertiary/aromatic N) is 2. The molecule has 0 saturated carbocycles. The normalized spacial score (nSPS) is 19.1. The summed E-state index contributed by atoms with van der Waals surface area (Å²) in [6.07, 6.45) is 0. The Morgan fingerprint density at radius 3 is 1.58 bits per heavy atom. The summed E-state index contributed by atoms with van der Waals surface area (Å²) in [6, 6.07) is 21.0. The third-order valence-corrected chi connectivity index (χ3v) is 9.42. The molecule has 0 N–H and O–H groups in total. The highest BCUT2D eigenvalue weighted by Gasteiger charge is 2.38. The van der Waals surface area contributed by atoms with Crippen LogP contribution in [0.4, 0.5) is 11.4 Å². The number of morpholine rings is 2. The minimum Gasteiger partial charge on any atom is -0.378 e. The van der Waals surface area contributed by atoms with Gasteiger partial charge in [0.15, 0.2) is 0 Å². The lowest BCUT2D eigenvalue weighted by atomic mass is 9.36. The Morgan fingerprint density at radius 2 is 1.09 bits per heavy atom. The first-order valence-corrected chi connectivity index (χ1v) is 13.4. The van der Waals surface area contributed by atoms with Crippen molar-refractivity contribution in [3.05, 3.63) is 54.6 Å². The standard InChI is InChI=1S/C26H25BN2O2S2/c1-2-22-26-23(3-1)33-25-17-19(29-10-14-31-15-11-29)5-7-21(25)27(26)20-6-4-18(16-24(20)32-22)28-8-12-30-13-9-28/h1-7,16-17H,8-15H2. The molecule has 4 nitrogen and oxygen atoms in total. The first kappa shape index (κ1) is 20.3. The lowest BCUT2D eigenvalue weighted by Crippen LogP contribution is -2.58. The summed E-state index contributed by atoms with van der Waals surface area (Å²) < 4.78 is 11.1. The molecule has 0 amide bonds. The van der Waals surface area contributed by atoms with E-state index in [1.165, 1.54) is 47.3 Å². The van der Waals surface area contributed by atoms with E-state index in [9.17, 15) is 0 Å². The SMILES string of the molecule is c1cc2c3c(c1)Sc1cc(N4CCOCC4)ccc1B3c1ccc(N3CCOCC3)cc1S2. The van der Waals surface area contributed by atoms with E-state index < -0.39 is 0 Å². The first-order chi connectivity index (χ1) is 16.3. The predicted octanol–water partition coefficient (Wildman–Crippen LogP) is 2.81. The molecule has 4 aliphatic heterocycles. The van der Waals surface area contributed by atoms with Crippen LogP contribution in [0.2, 0.25) is 0 Å². The van der Waals surface area contributed by atoms with Crippen molar-refractivity contribution in [3.63, 3.8) is 0 Å². The molecule has 7 rings (SSSR count). The smallest absolute Gasteiger partial charge is 0.247 e. The minimum atomic E-state index is 0.307. The van der Waals surface area contributed by atoms with E-state index in [-0.39, 0.29) is 0 Å². The zero-order valence-electron chi connectivity index (χ0n) is 18.5. The van der Waals surface area contributed by atoms with Gasteiger partial charge in [-0.3, -0.25) is 0 Å². The number of hydrogen-bond donors (Lipinski definition) is 0. The van der Waals surface area contributed by atoms with Crippen molar-refractivity contribution in [2.75, 3.05) is 62.4 Å². The summed E-state index contributed by atoms with van der Waals surface area (Å²) >= 11 is 3.87. The summed E-state index contributed by atoms with van der Waals surface area (Å²) in [6.45, 7) is 7.44. The second kappa shape index (κ2) is 8.31. The third-order valence-electron chi connectivity index (χ3n) is 7.12. The fourth-order valence-electron chi connectivity index (χ4n) is 5.44. The minimum absolute atomic E-state index is 0.307. The van der Waals surface area contributed by atoms with Crippen LogP contribution in [-0.2, 0) is 9.47 Å². The van der Waals surface area contributed by atoms with E-state index in [1.807, 2.05) is 23.5 Å². The van der Waals surface area contributed by atoms with E-state index in [0.717, 1.165) is 52.6 Å². The highest BCUT2D eigenvalue weighted by molar-refractivity contribution is 8.01. The monoisotopic (exact) mass is 472 g/mol. The van der Waals surface area contributed by atoms with Crippen molar-refractivity contribution in [1.29, 1.82) is 0 Å². The summed E-state index contributed by atoms with van der Waals surface area (Å²) in [7, 11) is 0. The molecule has 2 fully saturated rings. The molecule has 0 radical (unpaired) electrons. The average molecular weight is 472 g/mol. The van der Waals surface area contributed by atoms with Crippen LogP contribution >= 0.6 is 23.5 Å². The molecular formula is C26H25BN2O2S2. The second-order valence-corrected chi connectivity index (χ2v) is 11.1. The number of anilines is 2. The summed E-state index contributed by atoms with van der Waals surface area (Å²) in [5.41, 5.74) is 7.01. The average Bonchev–Trinajstić information content (AvgIpc) is 2.89. The second-order valence-electron chi connectivity index (χ2n) is 8.95. The quantitative estimate of drug-likeness (QED) is 0.367. The number of benzene rings is 3. The number of hydrogen-bond acceptors (Lipinski definition) is 6. The van der Waals surface area contributed by atoms with Gasteiger partial charge < -0.3 is 19.3 Å². The van der Waals surface area contributed by atoms with E-state index >= 15 is 0 Å². The van der Waals surface area contributed by atoms with Crippen molar-refractivity contribution < 1.29 is 9.47 Å². The van der Waals surface area contributed by atoms with Gasteiger partial charge in [-0.2, -0.15) is 0 Å². The topological polar surface area (TPSA) is 24.9 Å². The van der Waals surface area contributed by atoms with Crippen molar-refractivity contribution in [2.45, 2.75) is 19.6 Å². The zero-order chi connectivity index (χ0) is 21.8. The van der Waals surface area contributed by atoms with Crippen LogP contribution in [0.3, 0.4) is 0 Å². The van der Waals surface area contributed by atoms with Crippen LogP contribution < -0.4 is 26.2 Å². The van der Waals surface area contributed by atoms with Crippen LogP contribution in [0.1, 0.15) is 0 Å². The maximum absolute atomic E-state index is 5.57. The maximum atomic E-state index is 5.57. The molecule has 3 aromatic rings. The van der Waals surface area contributed by atoms with E-state index in [2.05, 4.69) is 64.4 Å². The molecule has 166 valence electrons. The van der Waals surface area contributed by atoms with Gasteiger partial charge in [0.2, 0.25) is 6.71 Å². The van der Waals surface area contributed by atoms with Crippen molar-refractivity contribution in [3.8, 4) is 0 Å². The first-order valence-electron chi connectivity index (χ1n) is 11.8. The van der Waals surface area contributed by atoms with Crippen molar-refractivity contribution in [2.24, 2.45) is 0 Å². The predicted molar refractivity (Wildman–Crippen MR) is 138 cm³/mol. The number of ether oxygens (including phenoxy) is 2. The van der Waals surface area contributed by atoms with Gasteiger partial charge in [0, 0.05) is 57.1 Å². The molecule has 2 saturated heterocycles. The van der Waals surface area contributed by atoms with Crippen LogP contribution in [0.5, 0.6) is 0 Å². The Labute approximate surface area is 203 Å². The Balaban J connectivity index is 1.32. The molecule has 0 bridgehead atoms. The van der Waals surface area contributed by atoms with Crippen LogP contribution in [0.25, 0.3) is 0 Å². The highest BCUT2D eigenvalue weighted by Crippen LogP contribution is 2.40. The Kier molecular flexibility index (Phi) is 5.12. The van der Waals surface area contributed by atoms with Crippen molar-refractivity contribution >= 4 is 58.0 Å². The number of fused-ring (bicyclic) bond motifs is 4. The molecule has 0 unspecified atom stereocenters. The Hall–Kier alpha value is -2.06. The van der Waals surface area contributed by atoms with E-state index in [1.54, 1.807) is 0 Å². The van der Waals surface area contributed by atoms with Crippen molar-refractivity contribution in [1.82, 2.24) is 0 Å². The number of rotatable bonds is 2. The van der Waals surface area contributed by atoms with Gasteiger partial charge in [-0.15, -0.1) is 0 Å².